The van der Waals surface area contributed by atoms with Crippen molar-refractivity contribution in [3.8, 4) is 5.82 Å². The molecule has 2 aromatic heterocycles. The quantitative estimate of drug-likeness (QED) is 0.807. The van der Waals surface area contributed by atoms with Crippen molar-refractivity contribution in [1.29, 1.82) is 0 Å². The predicted molar refractivity (Wildman–Crippen MR) is 87.8 cm³/mol. The van der Waals surface area contributed by atoms with Crippen LogP contribution in [0.25, 0.3) is 5.82 Å². The lowest BCUT2D eigenvalue weighted by Crippen LogP contribution is -2.15. The van der Waals surface area contributed by atoms with E-state index in [9.17, 15) is 4.79 Å². The normalized spacial score (nSPS) is 10.6. The van der Waals surface area contributed by atoms with Crippen LogP contribution in [0.15, 0.2) is 42.7 Å². The molecule has 0 atom stereocenters. The van der Waals surface area contributed by atoms with Gasteiger partial charge < -0.3 is 5.32 Å². The Hall–Kier alpha value is -3.02. The van der Waals surface area contributed by atoms with Crippen LogP contribution in [-0.2, 0) is 0 Å². The topological polar surface area (TPSA) is 72.7 Å². The van der Waals surface area contributed by atoms with Crippen molar-refractivity contribution in [1.82, 2.24) is 19.7 Å². The van der Waals surface area contributed by atoms with Gasteiger partial charge in [0.15, 0.2) is 11.5 Å². The molecule has 6 heteroatoms. The minimum Gasteiger partial charge on any atom is -0.321 e. The monoisotopic (exact) mass is 307 g/mol. The Morgan fingerprint density at radius 1 is 1.04 bits per heavy atom. The summed E-state index contributed by atoms with van der Waals surface area (Å²) in [6.07, 6.45) is 3.49. The summed E-state index contributed by atoms with van der Waals surface area (Å²) in [6.45, 7) is 5.86. The lowest BCUT2D eigenvalue weighted by molar-refractivity contribution is 0.102. The third-order valence-electron chi connectivity index (χ3n) is 3.44. The molecule has 3 aromatic rings. The van der Waals surface area contributed by atoms with Crippen LogP contribution in [-0.4, -0.2) is 25.7 Å². The van der Waals surface area contributed by atoms with Gasteiger partial charge >= 0.3 is 0 Å². The van der Waals surface area contributed by atoms with Crippen molar-refractivity contribution in [3.05, 3.63) is 65.4 Å². The van der Waals surface area contributed by atoms with Crippen molar-refractivity contribution < 1.29 is 4.79 Å². The molecule has 1 amide bonds. The molecule has 0 aliphatic carbocycles. The lowest BCUT2D eigenvalue weighted by atomic mass is 10.1. The number of hydrogen-bond acceptors (Lipinski definition) is 4. The number of carbonyl (C=O) groups excluding carboxylic acids is 1. The fourth-order valence-electron chi connectivity index (χ4n) is 2.44. The Bertz CT molecular complexity index is 831. The number of anilines is 1. The van der Waals surface area contributed by atoms with Crippen LogP contribution >= 0.6 is 0 Å². The van der Waals surface area contributed by atoms with Gasteiger partial charge in [0.2, 0.25) is 0 Å². The van der Waals surface area contributed by atoms with E-state index in [0.717, 1.165) is 22.6 Å². The highest BCUT2D eigenvalue weighted by molar-refractivity contribution is 6.02. The fourth-order valence-corrected chi connectivity index (χ4v) is 2.44. The van der Waals surface area contributed by atoms with Gasteiger partial charge in [-0.3, -0.25) is 9.36 Å². The zero-order chi connectivity index (χ0) is 16.4. The average Bonchev–Trinajstić information content (AvgIpc) is 2.92. The highest BCUT2D eigenvalue weighted by Gasteiger charge is 2.10. The van der Waals surface area contributed by atoms with Crippen LogP contribution in [0.1, 0.15) is 27.4 Å². The number of hydrogen-bond donors (Lipinski definition) is 1. The number of benzene rings is 1. The maximum Gasteiger partial charge on any atom is 0.276 e. The van der Waals surface area contributed by atoms with Crippen molar-refractivity contribution >= 4 is 11.6 Å². The van der Waals surface area contributed by atoms with E-state index in [1.165, 1.54) is 0 Å². The van der Waals surface area contributed by atoms with Gasteiger partial charge in [0.05, 0.1) is 0 Å². The highest BCUT2D eigenvalue weighted by atomic mass is 16.1. The molecule has 0 bridgehead atoms. The third-order valence-corrected chi connectivity index (χ3v) is 3.44. The first-order valence-corrected chi connectivity index (χ1v) is 7.26. The molecule has 6 nitrogen and oxygen atoms in total. The van der Waals surface area contributed by atoms with E-state index < -0.39 is 0 Å². The van der Waals surface area contributed by atoms with E-state index in [2.05, 4.69) is 26.6 Å². The molecule has 0 saturated carbocycles. The zero-order valence-electron chi connectivity index (χ0n) is 13.2. The fraction of sp³-hybridized carbons (Fsp3) is 0.176. The standard InChI is InChI=1S/C17H17N5O/c1-11-8-12(2)10-14(9-11)19-17(23)15-4-5-16(21-20-15)22-7-6-18-13(22)3/h4-10H,1-3H3,(H,19,23). The molecule has 0 aliphatic rings. The molecule has 0 radical (unpaired) electrons. The van der Waals surface area contributed by atoms with Crippen LogP contribution in [0.4, 0.5) is 5.69 Å². The largest absolute Gasteiger partial charge is 0.321 e. The second-order valence-electron chi connectivity index (χ2n) is 5.45. The van der Waals surface area contributed by atoms with Gasteiger partial charge in [-0.25, -0.2) is 4.98 Å². The Labute approximate surface area is 134 Å². The summed E-state index contributed by atoms with van der Waals surface area (Å²) in [4.78, 5) is 16.4. The van der Waals surface area contributed by atoms with E-state index >= 15 is 0 Å². The van der Waals surface area contributed by atoms with E-state index in [0.29, 0.717) is 5.82 Å². The molecule has 2 heterocycles. The lowest BCUT2D eigenvalue weighted by Gasteiger charge is -2.07. The van der Waals surface area contributed by atoms with Gasteiger partial charge in [-0.15, -0.1) is 10.2 Å². The van der Waals surface area contributed by atoms with Gasteiger partial charge in [0.1, 0.15) is 5.82 Å². The SMILES string of the molecule is Cc1cc(C)cc(NC(=O)c2ccc(-n3ccnc3C)nn2)c1. The first-order chi connectivity index (χ1) is 11.0. The first-order valence-electron chi connectivity index (χ1n) is 7.26. The van der Waals surface area contributed by atoms with Crippen LogP contribution < -0.4 is 5.32 Å². The Morgan fingerprint density at radius 3 is 2.35 bits per heavy atom. The number of carbonyl (C=O) groups is 1. The van der Waals surface area contributed by atoms with Crippen molar-refractivity contribution in [2.75, 3.05) is 5.32 Å². The molecule has 0 unspecified atom stereocenters. The third kappa shape index (κ3) is 3.26. The number of nitrogens with zero attached hydrogens (tertiary/aromatic N) is 4. The van der Waals surface area contributed by atoms with Crippen molar-refractivity contribution in [2.24, 2.45) is 0 Å². The van der Waals surface area contributed by atoms with E-state index in [4.69, 9.17) is 0 Å². The highest BCUT2D eigenvalue weighted by Crippen LogP contribution is 2.15. The van der Waals surface area contributed by atoms with E-state index in [-0.39, 0.29) is 11.6 Å². The molecule has 23 heavy (non-hydrogen) atoms. The maximum atomic E-state index is 12.3. The molecule has 116 valence electrons. The summed E-state index contributed by atoms with van der Waals surface area (Å²) in [5.74, 6) is 1.16. The molecular formula is C17H17N5O. The molecule has 0 fully saturated rings. The molecule has 1 N–H and O–H groups in total. The summed E-state index contributed by atoms with van der Waals surface area (Å²) in [5, 5.41) is 10.9. The number of nitrogens with one attached hydrogen (secondary N) is 1. The van der Waals surface area contributed by atoms with Crippen molar-refractivity contribution in [3.63, 3.8) is 0 Å². The summed E-state index contributed by atoms with van der Waals surface area (Å²) < 4.78 is 1.80. The Kier molecular flexibility index (Phi) is 3.89. The van der Waals surface area contributed by atoms with Crippen LogP contribution in [0.2, 0.25) is 0 Å². The summed E-state index contributed by atoms with van der Waals surface area (Å²) >= 11 is 0. The van der Waals surface area contributed by atoms with Crippen LogP contribution in [0, 0.1) is 20.8 Å². The van der Waals surface area contributed by atoms with Gasteiger partial charge in [-0.2, -0.15) is 0 Å². The minimum absolute atomic E-state index is 0.269. The van der Waals surface area contributed by atoms with E-state index in [1.807, 2.05) is 32.9 Å². The molecule has 0 spiro atoms. The van der Waals surface area contributed by atoms with Gasteiger partial charge in [0, 0.05) is 18.1 Å². The summed E-state index contributed by atoms with van der Waals surface area (Å²) in [5.41, 5.74) is 3.21. The first kappa shape index (κ1) is 14.9. The second kappa shape index (κ2) is 6.00. The number of aryl methyl sites for hydroxylation is 3. The maximum absolute atomic E-state index is 12.3. The van der Waals surface area contributed by atoms with Crippen LogP contribution in [0.3, 0.4) is 0 Å². The molecule has 3 rings (SSSR count). The average molecular weight is 307 g/mol. The number of rotatable bonds is 3. The van der Waals surface area contributed by atoms with E-state index in [1.54, 1.807) is 29.1 Å². The Morgan fingerprint density at radius 2 is 1.78 bits per heavy atom. The summed E-state index contributed by atoms with van der Waals surface area (Å²) in [6, 6.07) is 9.29. The molecular weight excluding hydrogens is 290 g/mol. The summed E-state index contributed by atoms with van der Waals surface area (Å²) in [7, 11) is 0. The molecule has 1 aromatic carbocycles. The molecule has 0 aliphatic heterocycles. The van der Waals surface area contributed by atoms with Gasteiger partial charge in [-0.05, 0) is 56.2 Å². The molecule has 0 saturated heterocycles. The smallest absolute Gasteiger partial charge is 0.276 e. The van der Waals surface area contributed by atoms with Gasteiger partial charge in [0.25, 0.3) is 5.91 Å². The predicted octanol–water partition coefficient (Wildman–Crippen LogP) is 2.84. The number of amides is 1. The van der Waals surface area contributed by atoms with Gasteiger partial charge in [-0.1, -0.05) is 6.07 Å². The minimum atomic E-state index is -0.281. The number of imidazole rings is 1. The number of aromatic nitrogens is 4. The zero-order valence-corrected chi connectivity index (χ0v) is 13.2. The van der Waals surface area contributed by atoms with Crippen molar-refractivity contribution in [2.45, 2.75) is 20.8 Å². The Balaban J connectivity index is 1.79. The second-order valence-corrected chi connectivity index (χ2v) is 5.45. The van der Waals surface area contributed by atoms with Crippen LogP contribution in [0.5, 0.6) is 0 Å².